The number of benzene rings is 3. The normalized spacial score (nSPS) is 11.2. The highest BCUT2D eigenvalue weighted by atomic mass is 35.5. The number of rotatable bonds is 10. The Kier molecular flexibility index (Phi) is 12.9. The van der Waals surface area contributed by atoms with Crippen molar-refractivity contribution in [3.63, 3.8) is 0 Å². The van der Waals surface area contributed by atoms with Gasteiger partial charge in [0.25, 0.3) is 5.19 Å². The number of aromatic nitrogens is 2. The van der Waals surface area contributed by atoms with Crippen LogP contribution in [0.1, 0.15) is 41.9 Å². The van der Waals surface area contributed by atoms with Crippen LogP contribution in [0.2, 0.25) is 5.02 Å². The van der Waals surface area contributed by atoms with Crippen molar-refractivity contribution < 1.29 is 14.3 Å². The van der Waals surface area contributed by atoms with Crippen LogP contribution in [-0.4, -0.2) is 46.8 Å². The van der Waals surface area contributed by atoms with Gasteiger partial charge in [0.1, 0.15) is 11.8 Å². The molecule has 0 aliphatic heterocycles. The van der Waals surface area contributed by atoms with E-state index < -0.39 is 5.97 Å². The summed E-state index contributed by atoms with van der Waals surface area (Å²) in [4.78, 5) is 22.5. The molecule has 0 spiro atoms. The minimum atomic E-state index is -0.689. The van der Waals surface area contributed by atoms with E-state index in [1.165, 1.54) is 11.5 Å². The number of halogens is 1. The van der Waals surface area contributed by atoms with Gasteiger partial charge >= 0.3 is 5.97 Å². The van der Waals surface area contributed by atoms with Crippen molar-refractivity contribution in [3.05, 3.63) is 105 Å². The second kappa shape index (κ2) is 16.8. The number of aliphatic imine (C=N–C) groups is 1. The lowest BCUT2D eigenvalue weighted by molar-refractivity contribution is -0.137. The van der Waals surface area contributed by atoms with Crippen LogP contribution in [0.4, 0.5) is 5.69 Å². The fourth-order valence-electron chi connectivity index (χ4n) is 3.68. The van der Waals surface area contributed by atoms with Gasteiger partial charge in [0, 0.05) is 36.6 Å². The van der Waals surface area contributed by atoms with E-state index in [0.717, 1.165) is 45.5 Å². The zero-order valence-electron chi connectivity index (χ0n) is 25.4. The third kappa shape index (κ3) is 9.93. The lowest BCUT2D eigenvalue weighted by atomic mass is 10.1. The number of nitrogens with zero attached hydrogens (tertiary/aromatic N) is 5. The summed E-state index contributed by atoms with van der Waals surface area (Å²) >= 11 is 7.19. The third-order valence-electron chi connectivity index (χ3n) is 6.25. The predicted octanol–water partition coefficient (Wildman–Crippen LogP) is 7.25. The Balaban J connectivity index is 0.000000281. The van der Waals surface area contributed by atoms with Crippen LogP contribution in [-0.2, 0) is 16.0 Å². The summed E-state index contributed by atoms with van der Waals surface area (Å²) in [5.41, 5.74) is 10.5. The van der Waals surface area contributed by atoms with Gasteiger partial charge in [0.15, 0.2) is 11.4 Å². The number of carbonyl (C=O) groups excluding carboxylic acids is 1. The Morgan fingerprint density at radius 3 is 2.45 bits per heavy atom. The van der Waals surface area contributed by atoms with E-state index in [9.17, 15) is 4.79 Å². The van der Waals surface area contributed by atoms with Crippen LogP contribution < -0.4 is 10.5 Å². The third-order valence-corrected chi connectivity index (χ3v) is 7.14. The number of carbonyl (C=O) groups is 1. The predicted molar refractivity (Wildman–Crippen MR) is 176 cm³/mol. The first-order valence-corrected chi connectivity index (χ1v) is 15.0. The molecule has 228 valence electrons. The zero-order chi connectivity index (χ0) is 32.1. The van der Waals surface area contributed by atoms with Gasteiger partial charge in [-0.25, -0.2) is 9.79 Å². The summed E-state index contributed by atoms with van der Waals surface area (Å²) < 4.78 is 15.1. The Hall–Kier alpha value is -4.72. The fourth-order valence-corrected chi connectivity index (χ4v) is 4.37. The molecule has 9 nitrogen and oxygen atoms in total. The Morgan fingerprint density at radius 2 is 1.82 bits per heavy atom. The molecule has 0 radical (unpaired) electrons. The van der Waals surface area contributed by atoms with Gasteiger partial charge in [-0.1, -0.05) is 54.1 Å². The van der Waals surface area contributed by atoms with Crippen LogP contribution >= 0.6 is 23.1 Å². The lowest BCUT2D eigenvalue weighted by Gasteiger charge is -2.11. The monoisotopic (exact) mass is 630 g/mol. The molecule has 0 amide bonds. The summed E-state index contributed by atoms with van der Waals surface area (Å²) in [5.74, 6) is 0.821. The molecule has 0 aliphatic rings. The van der Waals surface area contributed by atoms with E-state index in [0.29, 0.717) is 17.2 Å². The molecular weight excluding hydrogens is 596 g/mol. The average Bonchev–Trinajstić information content (AvgIpc) is 3.46. The van der Waals surface area contributed by atoms with E-state index in [1.807, 2.05) is 74.6 Å². The summed E-state index contributed by atoms with van der Waals surface area (Å²) in [6, 6.07) is 22.3. The number of nitrogens with two attached hydrogens (primary N) is 1. The van der Waals surface area contributed by atoms with Crippen molar-refractivity contribution in [2.45, 2.75) is 34.1 Å². The first-order chi connectivity index (χ1) is 21.1. The van der Waals surface area contributed by atoms with Crippen LogP contribution in [0, 0.1) is 25.2 Å². The van der Waals surface area contributed by atoms with Crippen molar-refractivity contribution >= 4 is 46.8 Å². The van der Waals surface area contributed by atoms with Crippen molar-refractivity contribution in [2.24, 2.45) is 10.7 Å². The summed E-state index contributed by atoms with van der Waals surface area (Å²) in [5, 5.41) is 10.1. The van der Waals surface area contributed by atoms with Crippen LogP contribution in [0.3, 0.4) is 0 Å². The molecule has 1 aromatic heterocycles. The maximum Gasteiger partial charge on any atom is 0.351 e. The van der Waals surface area contributed by atoms with Crippen molar-refractivity contribution in [2.75, 3.05) is 20.2 Å². The van der Waals surface area contributed by atoms with Crippen LogP contribution in [0.25, 0.3) is 5.70 Å². The lowest BCUT2D eigenvalue weighted by Crippen LogP contribution is -2.14. The summed E-state index contributed by atoms with van der Waals surface area (Å²) in [6.07, 6.45) is 2.49. The second-order valence-electron chi connectivity index (χ2n) is 9.59. The standard InChI is InChI=1S/C21H23ClN4OS.C12H12N2O2/c1-5-26(4)13-23-18-10-15(3)19(11-14(18)2)27-21-24-20(25-28-21)12-16-6-8-17(22)9-7-16;1-2-16-12(15)10(8-13)11(14)9-6-4-3-5-7-9/h6-11,13H,5,12H2,1-4H3;3-7H,2,14H2,1H3/b;11-10-. The molecule has 0 aliphatic carbocycles. The number of aryl methyl sites for hydroxylation is 2. The maximum absolute atomic E-state index is 11.4. The van der Waals surface area contributed by atoms with Gasteiger partial charge in [0.2, 0.25) is 0 Å². The first-order valence-electron chi connectivity index (χ1n) is 13.9. The SMILES string of the molecule is CCN(C)C=Nc1cc(C)c(Oc2nc(Cc3ccc(Cl)cc3)ns2)cc1C.CCOC(=O)/C(C#N)=C(\N)c1ccccc1. The minimum absolute atomic E-state index is 0.140. The minimum Gasteiger partial charge on any atom is -0.462 e. The first kappa shape index (κ1) is 33.8. The smallest absolute Gasteiger partial charge is 0.351 e. The van der Waals surface area contributed by atoms with E-state index in [2.05, 4.69) is 21.3 Å². The van der Waals surface area contributed by atoms with Gasteiger partial charge in [-0.3, -0.25) is 0 Å². The number of hydrogen-bond donors (Lipinski definition) is 1. The van der Waals surface area contributed by atoms with Gasteiger partial charge in [-0.05, 0) is 74.2 Å². The van der Waals surface area contributed by atoms with E-state index >= 15 is 0 Å². The molecule has 11 heteroatoms. The Morgan fingerprint density at radius 1 is 1.11 bits per heavy atom. The average molecular weight is 631 g/mol. The maximum atomic E-state index is 11.4. The Bertz CT molecular complexity index is 1650. The molecule has 0 bridgehead atoms. The molecule has 0 unspecified atom stereocenters. The summed E-state index contributed by atoms with van der Waals surface area (Å²) in [6.45, 7) is 8.92. The molecule has 2 N–H and O–H groups in total. The zero-order valence-corrected chi connectivity index (χ0v) is 26.9. The Labute approximate surface area is 267 Å². The van der Waals surface area contributed by atoms with Crippen LogP contribution in [0.15, 0.2) is 77.3 Å². The summed E-state index contributed by atoms with van der Waals surface area (Å²) in [7, 11) is 2.00. The highest BCUT2D eigenvalue weighted by Gasteiger charge is 2.15. The molecule has 3 aromatic carbocycles. The number of hydrogen-bond acceptors (Lipinski definition) is 9. The molecule has 0 fully saturated rings. The molecule has 1 heterocycles. The molecule has 0 saturated heterocycles. The molecule has 44 heavy (non-hydrogen) atoms. The topological polar surface area (TPSA) is 127 Å². The van der Waals surface area contributed by atoms with E-state index in [4.69, 9.17) is 32.1 Å². The van der Waals surface area contributed by atoms with Gasteiger partial charge < -0.3 is 20.1 Å². The fraction of sp³-hybridized carbons (Fsp3) is 0.242. The highest BCUT2D eigenvalue weighted by Crippen LogP contribution is 2.32. The largest absolute Gasteiger partial charge is 0.462 e. The van der Waals surface area contributed by atoms with Gasteiger partial charge in [-0.15, -0.1) is 0 Å². The number of nitriles is 1. The van der Waals surface area contributed by atoms with E-state index in [-0.39, 0.29) is 17.9 Å². The molecule has 4 rings (SSSR count). The van der Waals surface area contributed by atoms with Gasteiger partial charge in [-0.2, -0.15) is 14.6 Å². The van der Waals surface area contributed by atoms with Crippen molar-refractivity contribution in [1.29, 1.82) is 5.26 Å². The molecule has 4 aromatic rings. The molecule has 0 atom stereocenters. The quantitative estimate of drug-likeness (QED) is 0.0638. The van der Waals surface area contributed by atoms with E-state index in [1.54, 1.807) is 37.3 Å². The number of esters is 1. The van der Waals surface area contributed by atoms with Gasteiger partial charge in [0.05, 0.1) is 24.3 Å². The highest BCUT2D eigenvalue weighted by molar-refractivity contribution is 7.07. The second-order valence-corrected chi connectivity index (χ2v) is 10.7. The van der Waals surface area contributed by atoms with Crippen molar-refractivity contribution in [3.8, 4) is 17.0 Å². The number of ether oxygens (including phenoxy) is 2. The van der Waals surface area contributed by atoms with Crippen molar-refractivity contribution in [1.82, 2.24) is 14.3 Å². The molecular formula is C33H35ClN6O3S. The molecule has 0 saturated carbocycles. The van der Waals surface area contributed by atoms with Crippen LogP contribution in [0.5, 0.6) is 10.9 Å².